The second-order valence-corrected chi connectivity index (χ2v) is 13.9. The van der Waals surface area contributed by atoms with Crippen LogP contribution in [-0.2, 0) is 10.8 Å². The molecule has 0 aliphatic heterocycles. The first-order valence-corrected chi connectivity index (χ1v) is 17.5. The summed E-state index contributed by atoms with van der Waals surface area (Å²) >= 11 is 0. The van der Waals surface area contributed by atoms with Crippen molar-refractivity contribution in [2.24, 2.45) is 0 Å². The van der Waals surface area contributed by atoms with Gasteiger partial charge in [-0.2, -0.15) is 0 Å². The fourth-order valence-electron chi connectivity index (χ4n) is 9.23. The highest BCUT2D eigenvalue weighted by molar-refractivity contribution is 6.05. The Kier molecular flexibility index (Phi) is 6.80. The lowest BCUT2D eigenvalue weighted by molar-refractivity contribution is 0.714. The van der Waals surface area contributed by atoms with Gasteiger partial charge in [0.2, 0.25) is 0 Å². The van der Waals surface area contributed by atoms with Gasteiger partial charge in [0.1, 0.15) is 0 Å². The minimum absolute atomic E-state index is 0.307. The molecule has 0 heterocycles. The quantitative estimate of drug-likeness (QED) is 0.170. The van der Waals surface area contributed by atoms with E-state index in [0.717, 1.165) is 5.57 Å². The fraction of sp³-hybridized carbons (Fsp3) is 0.0800. The summed E-state index contributed by atoms with van der Waals surface area (Å²) in [7, 11) is 0. The van der Waals surface area contributed by atoms with E-state index in [2.05, 4.69) is 185 Å². The van der Waals surface area contributed by atoms with Crippen molar-refractivity contribution in [3.63, 3.8) is 0 Å². The van der Waals surface area contributed by atoms with E-state index in [1.54, 1.807) is 0 Å². The molecule has 1 unspecified atom stereocenters. The maximum Gasteiger partial charge on any atom is 0.0713 e. The first-order valence-electron chi connectivity index (χ1n) is 17.5. The molecule has 50 heavy (non-hydrogen) atoms. The average molecular weight is 639 g/mol. The third-order valence-corrected chi connectivity index (χ3v) is 11.5. The van der Waals surface area contributed by atoms with Crippen molar-refractivity contribution in [2.75, 3.05) is 0 Å². The molecule has 0 radical (unpaired) electrons. The molecule has 0 aromatic heterocycles. The van der Waals surface area contributed by atoms with Crippen LogP contribution in [0.15, 0.2) is 189 Å². The molecule has 2 aliphatic rings. The lowest BCUT2D eigenvalue weighted by Crippen LogP contribution is -2.29. The van der Waals surface area contributed by atoms with Gasteiger partial charge >= 0.3 is 0 Å². The van der Waals surface area contributed by atoms with E-state index in [0.29, 0.717) is 0 Å². The zero-order valence-electron chi connectivity index (χ0n) is 28.6. The fourth-order valence-corrected chi connectivity index (χ4v) is 9.23. The summed E-state index contributed by atoms with van der Waals surface area (Å²) in [6.07, 6.45) is 4.05. The van der Waals surface area contributed by atoms with Crippen LogP contribution in [0.1, 0.15) is 51.4 Å². The van der Waals surface area contributed by atoms with Gasteiger partial charge in [-0.1, -0.05) is 171 Å². The van der Waals surface area contributed by atoms with E-state index in [-0.39, 0.29) is 5.41 Å². The summed E-state index contributed by atoms with van der Waals surface area (Å²) in [4.78, 5) is 0. The average Bonchev–Trinajstić information content (AvgIpc) is 3.62. The van der Waals surface area contributed by atoms with Crippen molar-refractivity contribution in [3.05, 3.63) is 233 Å². The third-order valence-electron chi connectivity index (χ3n) is 11.5. The van der Waals surface area contributed by atoms with Crippen LogP contribution >= 0.6 is 0 Å². The predicted molar refractivity (Wildman–Crippen MR) is 212 cm³/mol. The van der Waals surface area contributed by atoms with E-state index >= 15 is 0 Å². The number of allylic oxidation sites excluding steroid dienone is 4. The lowest BCUT2D eigenvalue weighted by atomic mass is 9.66. The Morgan fingerprint density at radius 1 is 0.480 bits per heavy atom. The molecule has 0 bridgehead atoms. The van der Waals surface area contributed by atoms with Gasteiger partial charge in [-0.25, -0.2) is 0 Å². The molecule has 0 N–H and O–H groups in total. The second kappa shape index (κ2) is 11.3. The number of hydrogen-bond donors (Lipinski definition) is 0. The molecular weight excluding hydrogens is 601 g/mol. The summed E-state index contributed by atoms with van der Waals surface area (Å²) in [5, 5.41) is 2.64. The molecule has 2 aliphatic carbocycles. The van der Waals surface area contributed by atoms with Crippen molar-refractivity contribution in [1.82, 2.24) is 0 Å². The second-order valence-electron chi connectivity index (χ2n) is 13.9. The summed E-state index contributed by atoms with van der Waals surface area (Å²) in [5.41, 5.74) is 16.8. The molecule has 0 spiro atoms. The van der Waals surface area contributed by atoms with Crippen LogP contribution in [0.4, 0.5) is 0 Å². The molecule has 0 nitrogen and oxygen atoms in total. The summed E-state index contributed by atoms with van der Waals surface area (Å²) < 4.78 is 0. The molecule has 7 aromatic carbocycles. The van der Waals surface area contributed by atoms with E-state index in [4.69, 9.17) is 0 Å². The predicted octanol–water partition coefficient (Wildman–Crippen LogP) is 12.6. The number of aryl methyl sites for hydroxylation is 1. The molecule has 0 fully saturated rings. The van der Waals surface area contributed by atoms with Crippen molar-refractivity contribution < 1.29 is 0 Å². The first-order chi connectivity index (χ1) is 24.5. The van der Waals surface area contributed by atoms with E-state index in [9.17, 15) is 0 Å². The molecule has 9 rings (SSSR count). The van der Waals surface area contributed by atoms with Gasteiger partial charge in [-0.15, -0.1) is 0 Å². The third kappa shape index (κ3) is 4.00. The van der Waals surface area contributed by atoms with Gasteiger partial charge in [-0.3, -0.25) is 0 Å². The van der Waals surface area contributed by atoms with Crippen LogP contribution in [0.25, 0.3) is 38.6 Å². The first kappa shape index (κ1) is 30.1. The van der Waals surface area contributed by atoms with Crippen LogP contribution in [0.2, 0.25) is 0 Å². The molecule has 0 amide bonds. The minimum Gasteiger partial charge on any atom is -0.0987 e. The number of hydrogen-bond acceptors (Lipinski definition) is 0. The minimum atomic E-state index is -0.527. The molecule has 238 valence electrons. The van der Waals surface area contributed by atoms with Crippen LogP contribution in [0.3, 0.4) is 0 Å². The Labute approximate surface area is 295 Å². The molecule has 0 saturated carbocycles. The van der Waals surface area contributed by atoms with Crippen molar-refractivity contribution in [1.29, 1.82) is 0 Å². The number of benzene rings is 7. The Balaban J connectivity index is 1.31. The maximum atomic E-state index is 4.38. The number of fused-ring (bicyclic) bond motifs is 6. The zero-order chi connectivity index (χ0) is 34.0. The molecule has 0 saturated heterocycles. The Bertz CT molecular complexity index is 2470. The normalized spacial score (nSPS) is 16.9. The number of rotatable bonds is 6. The van der Waals surface area contributed by atoms with E-state index < -0.39 is 5.41 Å². The lowest BCUT2D eigenvalue weighted by Gasteiger charge is -2.35. The Morgan fingerprint density at radius 2 is 1.00 bits per heavy atom. The van der Waals surface area contributed by atoms with Crippen LogP contribution in [-0.4, -0.2) is 0 Å². The monoisotopic (exact) mass is 638 g/mol. The smallest absolute Gasteiger partial charge is 0.0713 e. The van der Waals surface area contributed by atoms with Gasteiger partial charge in [0.15, 0.2) is 0 Å². The maximum absolute atomic E-state index is 4.38. The molecular formula is C50H38. The van der Waals surface area contributed by atoms with Gasteiger partial charge in [0.05, 0.1) is 5.41 Å². The van der Waals surface area contributed by atoms with Crippen molar-refractivity contribution >= 4 is 16.3 Å². The highest BCUT2D eigenvalue weighted by atomic mass is 14.5. The van der Waals surface area contributed by atoms with E-state index in [1.807, 2.05) is 12.2 Å². The SMILES string of the molecule is C=CC1=C(C=C)C(c2ccccc2)(c2ccccc2)c2cc(-c3ccc4c(c3)C(C)(c3ccccc3)c3cc(C)c5ccccc5c3-4)ccc21. The van der Waals surface area contributed by atoms with E-state index in [1.165, 1.54) is 83.1 Å². The Hall–Kier alpha value is -5.98. The van der Waals surface area contributed by atoms with Crippen LogP contribution in [0.5, 0.6) is 0 Å². The highest BCUT2D eigenvalue weighted by Gasteiger charge is 2.46. The van der Waals surface area contributed by atoms with Gasteiger partial charge in [0, 0.05) is 5.41 Å². The summed E-state index contributed by atoms with van der Waals surface area (Å²) in [5.74, 6) is 0. The van der Waals surface area contributed by atoms with Gasteiger partial charge < -0.3 is 0 Å². The van der Waals surface area contributed by atoms with Crippen molar-refractivity contribution in [2.45, 2.75) is 24.7 Å². The van der Waals surface area contributed by atoms with Gasteiger partial charge in [0.25, 0.3) is 0 Å². The van der Waals surface area contributed by atoms with Crippen LogP contribution < -0.4 is 0 Å². The highest BCUT2D eigenvalue weighted by Crippen LogP contribution is 2.58. The largest absolute Gasteiger partial charge is 0.0987 e. The summed E-state index contributed by atoms with van der Waals surface area (Å²) in [6.45, 7) is 13.3. The standard InChI is InChI=1S/C50H38/c1-5-39-41-28-26-35(32-46(41)50(44(39)6-2,37-20-12-8-13-21-37)38-22-14-9-15-23-38)34-27-29-43-45(31-34)49(4,36-18-10-7-11-19-36)47-30-33(3)40-24-16-17-25-42(40)48(43)47/h5-32H,1-2H2,3-4H3. The zero-order valence-corrected chi connectivity index (χ0v) is 28.6. The van der Waals surface area contributed by atoms with Crippen molar-refractivity contribution in [3.8, 4) is 22.3 Å². The topological polar surface area (TPSA) is 0 Å². The molecule has 1 atom stereocenters. The van der Waals surface area contributed by atoms with Gasteiger partial charge in [-0.05, 0) is 115 Å². The Morgan fingerprint density at radius 3 is 1.58 bits per heavy atom. The molecule has 0 heteroatoms. The summed E-state index contributed by atoms with van der Waals surface area (Å²) in [6, 6.07) is 58.3. The van der Waals surface area contributed by atoms with Crippen LogP contribution in [0, 0.1) is 6.92 Å². The molecule has 7 aromatic rings.